The lowest BCUT2D eigenvalue weighted by Crippen LogP contribution is -2.43. The van der Waals surface area contributed by atoms with Crippen molar-refractivity contribution in [1.82, 2.24) is 4.90 Å². The molecule has 2 N–H and O–H groups in total. The second-order valence-corrected chi connectivity index (χ2v) is 12.2. The molecule has 1 saturated heterocycles. The van der Waals surface area contributed by atoms with E-state index in [2.05, 4.69) is 10.6 Å². The van der Waals surface area contributed by atoms with E-state index in [1.807, 2.05) is 77.9 Å². The van der Waals surface area contributed by atoms with Crippen LogP contribution in [0, 0.1) is 20.8 Å². The van der Waals surface area contributed by atoms with E-state index >= 15 is 0 Å². The van der Waals surface area contributed by atoms with Gasteiger partial charge in [0.1, 0.15) is 22.3 Å². The monoisotopic (exact) mass is 563 g/mol. The van der Waals surface area contributed by atoms with Gasteiger partial charge in [0.2, 0.25) is 0 Å². The molecule has 1 aromatic heterocycles. The molecule has 0 unspecified atom stereocenters. The summed E-state index contributed by atoms with van der Waals surface area (Å²) in [6.07, 6.45) is 1.23. The number of benzene rings is 2. The Hall–Kier alpha value is -3.85. The lowest BCUT2D eigenvalue weighted by Gasteiger charge is -2.27. The van der Waals surface area contributed by atoms with E-state index < -0.39 is 23.6 Å². The molecule has 40 heavy (non-hydrogen) atoms. The van der Waals surface area contributed by atoms with Gasteiger partial charge in [0.15, 0.2) is 0 Å². The molecule has 4 rings (SSSR count). The number of nitrogens with one attached hydrogen (secondary N) is 2. The summed E-state index contributed by atoms with van der Waals surface area (Å²) in [5.74, 6) is -0.00517. The quantitative estimate of drug-likeness (QED) is 0.317. The number of hydrogen-bond donors (Lipinski definition) is 2. The van der Waals surface area contributed by atoms with Crippen molar-refractivity contribution in [3.05, 3.63) is 64.0 Å². The molecule has 2 aromatic carbocycles. The van der Waals surface area contributed by atoms with Crippen LogP contribution in [0.4, 0.5) is 16.2 Å². The van der Waals surface area contributed by atoms with Gasteiger partial charge in [-0.05, 0) is 101 Å². The van der Waals surface area contributed by atoms with Gasteiger partial charge in [-0.2, -0.15) is 0 Å². The summed E-state index contributed by atoms with van der Waals surface area (Å²) in [6.45, 7) is 11.8. The van der Waals surface area contributed by atoms with Gasteiger partial charge in [-0.3, -0.25) is 4.79 Å². The van der Waals surface area contributed by atoms with Crippen molar-refractivity contribution in [3.63, 3.8) is 0 Å². The van der Waals surface area contributed by atoms with E-state index in [1.165, 1.54) is 11.3 Å². The van der Waals surface area contributed by atoms with E-state index in [0.29, 0.717) is 30.0 Å². The number of carbonyl (C=O) groups is 3. The first-order valence-corrected chi connectivity index (χ1v) is 14.2. The molecule has 9 heteroatoms. The van der Waals surface area contributed by atoms with Crippen LogP contribution in [0.3, 0.4) is 0 Å². The second-order valence-electron chi connectivity index (χ2n) is 11.1. The average Bonchev–Trinajstić information content (AvgIpc) is 3.53. The molecule has 3 aromatic rings. The predicted octanol–water partition coefficient (Wildman–Crippen LogP) is 6.94. The summed E-state index contributed by atoms with van der Waals surface area (Å²) in [7, 11) is 1.60. The Labute approximate surface area is 239 Å². The highest BCUT2D eigenvalue weighted by molar-refractivity contribution is 7.18. The Kier molecular flexibility index (Phi) is 8.54. The lowest BCUT2D eigenvalue weighted by molar-refractivity contribution is -0.159. The number of hydrogen-bond acceptors (Lipinski definition) is 6. The zero-order valence-electron chi connectivity index (χ0n) is 24.1. The van der Waals surface area contributed by atoms with Crippen molar-refractivity contribution < 1.29 is 23.9 Å². The van der Waals surface area contributed by atoms with Crippen molar-refractivity contribution in [2.24, 2.45) is 0 Å². The van der Waals surface area contributed by atoms with E-state index in [0.717, 1.165) is 38.6 Å². The molecule has 1 aliphatic heterocycles. The van der Waals surface area contributed by atoms with Crippen molar-refractivity contribution in [1.29, 1.82) is 0 Å². The standard InChI is InChI=1S/C31H37N3O5S/c1-18-15-19(2)26(20(3)16-18)33-30(37)32-23-17-25(21-10-12-22(38-7)13-11-21)40-27(23)28(35)34-14-8-9-24(34)29(36)39-31(4,5)6/h10-13,15-17,24H,8-9,14H2,1-7H3,(H2,32,33,37)/t24-/m0/s1. The van der Waals surface area contributed by atoms with Gasteiger partial charge in [0.05, 0.1) is 12.8 Å². The van der Waals surface area contributed by atoms with Gasteiger partial charge in [0.25, 0.3) is 5.91 Å². The Morgan fingerprint density at radius 1 is 0.975 bits per heavy atom. The first-order chi connectivity index (χ1) is 18.9. The van der Waals surface area contributed by atoms with Crippen LogP contribution in [-0.2, 0) is 9.53 Å². The Bertz CT molecular complexity index is 1400. The maximum Gasteiger partial charge on any atom is 0.329 e. The SMILES string of the molecule is COc1ccc(-c2cc(NC(=O)Nc3c(C)cc(C)cc3C)c(C(=O)N3CCC[C@H]3C(=O)OC(C)(C)C)s2)cc1. The number of likely N-dealkylation sites (tertiary alicyclic amines) is 1. The third-order valence-corrected chi connectivity index (χ3v) is 7.83. The number of anilines is 2. The third kappa shape index (κ3) is 6.65. The molecular weight excluding hydrogens is 526 g/mol. The van der Waals surface area contributed by atoms with Crippen molar-refractivity contribution in [3.8, 4) is 16.2 Å². The maximum atomic E-state index is 13.9. The van der Waals surface area contributed by atoms with E-state index in [-0.39, 0.29) is 5.91 Å². The minimum Gasteiger partial charge on any atom is -0.497 e. The number of esters is 1. The highest BCUT2D eigenvalue weighted by atomic mass is 32.1. The van der Waals surface area contributed by atoms with E-state index in [9.17, 15) is 14.4 Å². The molecule has 3 amide bonds. The summed E-state index contributed by atoms with van der Waals surface area (Å²) in [4.78, 5) is 42.8. The zero-order valence-corrected chi connectivity index (χ0v) is 25.0. The summed E-state index contributed by atoms with van der Waals surface area (Å²) < 4.78 is 10.9. The average molecular weight is 564 g/mol. The molecule has 8 nitrogen and oxygen atoms in total. The number of amides is 3. The largest absolute Gasteiger partial charge is 0.497 e. The zero-order chi connectivity index (χ0) is 29.2. The van der Waals surface area contributed by atoms with Gasteiger partial charge in [-0.1, -0.05) is 17.7 Å². The predicted molar refractivity (Wildman–Crippen MR) is 160 cm³/mol. The van der Waals surface area contributed by atoms with Crippen LogP contribution in [0.5, 0.6) is 5.75 Å². The summed E-state index contributed by atoms with van der Waals surface area (Å²) in [6, 6.07) is 12.2. The number of carbonyl (C=O) groups excluding carboxylic acids is 3. The molecular formula is C31H37N3O5S. The highest BCUT2D eigenvalue weighted by Gasteiger charge is 2.38. The van der Waals surface area contributed by atoms with Crippen LogP contribution in [0.1, 0.15) is 60.0 Å². The van der Waals surface area contributed by atoms with Crippen molar-refractivity contribution in [2.75, 3.05) is 24.3 Å². The number of methoxy groups -OCH3 is 1. The smallest absolute Gasteiger partial charge is 0.329 e. The fraction of sp³-hybridized carbons (Fsp3) is 0.387. The van der Waals surface area contributed by atoms with Gasteiger partial charge >= 0.3 is 12.0 Å². The fourth-order valence-electron chi connectivity index (χ4n) is 4.94. The molecule has 0 bridgehead atoms. The van der Waals surface area contributed by atoms with Crippen LogP contribution in [-0.4, -0.2) is 48.1 Å². The van der Waals surface area contributed by atoms with Crippen LogP contribution >= 0.6 is 11.3 Å². The molecule has 0 radical (unpaired) electrons. The number of ether oxygens (including phenoxy) is 2. The van der Waals surface area contributed by atoms with Crippen molar-refractivity contribution in [2.45, 2.75) is 66.0 Å². The molecule has 0 saturated carbocycles. The molecule has 1 fully saturated rings. The Balaban J connectivity index is 1.66. The molecule has 212 valence electrons. The summed E-state index contributed by atoms with van der Waals surface area (Å²) in [5, 5.41) is 5.85. The molecule has 0 aliphatic carbocycles. The molecule has 0 spiro atoms. The minimum atomic E-state index is -0.669. The molecule has 1 aliphatic rings. The van der Waals surface area contributed by atoms with E-state index in [1.54, 1.807) is 18.1 Å². The van der Waals surface area contributed by atoms with E-state index in [4.69, 9.17) is 9.47 Å². The Morgan fingerprint density at radius 3 is 2.23 bits per heavy atom. The maximum absolute atomic E-state index is 13.9. The fourth-order valence-corrected chi connectivity index (χ4v) is 6.01. The summed E-state index contributed by atoms with van der Waals surface area (Å²) >= 11 is 1.28. The summed E-state index contributed by atoms with van der Waals surface area (Å²) in [5.41, 5.74) is 4.35. The molecule has 2 heterocycles. The number of aryl methyl sites for hydroxylation is 3. The number of thiophene rings is 1. The Morgan fingerprint density at radius 2 is 1.62 bits per heavy atom. The second kappa shape index (κ2) is 11.7. The van der Waals surface area contributed by atoms with Crippen molar-refractivity contribution >= 4 is 40.6 Å². The highest BCUT2D eigenvalue weighted by Crippen LogP contribution is 2.38. The normalized spacial score (nSPS) is 15.1. The van der Waals surface area contributed by atoms with Gasteiger partial charge in [0, 0.05) is 17.1 Å². The van der Waals surface area contributed by atoms with Crippen LogP contribution in [0.2, 0.25) is 0 Å². The van der Waals surface area contributed by atoms with Crippen LogP contribution in [0.25, 0.3) is 10.4 Å². The van der Waals surface area contributed by atoms with Gasteiger partial charge < -0.3 is 25.0 Å². The lowest BCUT2D eigenvalue weighted by atomic mass is 10.1. The van der Waals surface area contributed by atoms with Crippen LogP contribution < -0.4 is 15.4 Å². The van der Waals surface area contributed by atoms with Gasteiger partial charge in [-0.25, -0.2) is 9.59 Å². The molecule has 1 atom stereocenters. The number of nitrogens with zero attached hydrogens (tertiary/aromatic N) is 1. The topological polar surface area (TPSA) is 97.0 Å². The first-order valence-electron chi connectivity index (χ1n) is 13.3. The van der Waals surface area contributed by atoms with Crippen LogP contribution in [0.15, 0.2) is 42.5 Å². The van der Waals surface area contributed by atoms with Gasteiger partial charge in [-0.15, -0.1) is 11.3 Å². The number of urea groups is 1. The minimum absolute atomic E-state index is 0.309. The third-order valence-electron chi connectivity index (χ3n) is 6.66. The number of rotatable bonds is 6. The first kappa shape index (κ1) is 29.1.